The van der Waals surface area contributed by atoms with Crippen LogP contribution < -0.4 is 5.32 Å². The fourth-order valence-corrected chi connectivity index (χ4v) is 1.69. The second-order valence-electron chi connectivity index (χ2n) is 3.42. The second kappa shape index (κ2) is 4.31. The lowest BCUT2D eigenvalue weighted by Gasteiger charge is -2.13. The molecule has 0 aliphatic carbocycles. The van der Waals surface area contributed by atoms with Gasteiger partial charge in [-0.3, -0.25) is 0 Å². The zero-order valence-corrected chi connectivity index (χ0v) is 9.07. The number of hydrogen-bond donors (Lipinski definition) is 1. The van der Waals surface area contributed by atoms with Crippen molar-refractivity contribution in [2.75, 3.05) is 11.9 Å². The van der Waals surface area contributed by atoms with Crippen LogP contribution >= 0.6 is 0 Å². The summed E-state index contributed by atoms with van der Waals surface area (Å²) in [5.41, 5.74) is 5.58. The summed E-state index contributed by atoms with van der Waals surface area (Å²) in [5.74, 6) is 0. The van der Waals surface area contributed by atoms with Crippen LogP contribution in [-0.2, 0) is 6.42 Å². The molecule has 0 saturated carbocycles. The Balaban J connectivity index is 3.13. The van der Waals surface area contributed by atoms with E-state index in [1.807, 2.05) is 0 Å². The average Bonchev–Trinajstić information content (AvgIpc) is 2.12. The Kier molecular flexibility index (Phi) is 3.35. The molecule has 1 heteroatoms. The van der Waals surface area contributed by atoms with Gasteiger partial charge in [-0.25, -0.2) is 0 Å². The van der Waals surface area contributed by atoms with E-state index in [1.54, 1.807) is 0 Å². The standard InChI is InChI=1S/C12H19N/c1-5-11-10(4)9(3)7-8-12(11)13-6-2/h7-8,13H,5-6H2,1-4H3. The smallest absolute Gasteiger partial charge is 0.0375 e. The molecule has 0 unspecified atom stereocenters. The van der Waals surface area contributed by atoms with Crippen LogP contribution in [0.2, 0.25) is 0 Å². The summed E-state index contributed by atoms with van der Waals surface area (Å²) in [7, 11) is 0. The van der Waals surface area contributed by atoms with Crippen molar-refractivity contribution < 1.29 is 0 Å². The summed E-state index contributed by atoms with van der Waals surface area (Å²) in [6.45, 7) is 9.71. The Bertz CT molecular complexity index is 289. The molecule has 0 radical (unpaired) electrons. The van der Waals surface area contributed by atoms with Crippen LogP contribution in [0.5, 0.6) is 0 Å². The molecule has 13 heavy (non-hydrogen) atoms. The fraction of sp³-hybridized carbons (Fsp3) is 0.500. The minimum atomic E-state index is 0.996. The molecule has 0 heterocycles. The van der Waals surface area contributed by atoms with E-state index in [0.717, 1.165) is 13.0 Å². The van der Waals surface area contributed by atoms with Crippen molar-refractivity contribution in [2.24, 2.45) is 0 Å². The Hall–Kier alpha value is -0.980. The maximum absolute atomic E-state index is 3.40. The lowest BCUT2D eigenvalue weighted by Crippen LogP contribution is -2.02. The van der Waals surface area contributed by atoms with Gasteiger partial charge < -0.3 is 5.32 Å². The van der Waals surface area contributed by atoms with Crippen LogP contribution in [0.3, 0.4) is 0 Å². The molecule has 0 spiro atoms. The third-order valence-electron chi connectivity index (χ3n) is 2.59. The highest BCUT2D eigenvalue weighted by molar-refractivity contribution is 5.56. The summed E-state index contributed by atoms with van der Waals surface area (Å²) in [6, 6.07) is 4.37. The van der Waals surface area contributed by atoms with Crippen molar-refractivity contribution in [1.82, 2.24) is 0 Å². The van der Waals surface area contributed by atoms with Gasteiger partial charge in [0.2, 0.25) is 0 Å². The molecule has 1 rings (SSSR count). The first-order chi connectivity index (χ1) is 6.20. The van der Waals surface area contributed by atoms with Crippen LogP contribution in [0.4, 0.5) is 5.69 Å². The average molecular weight is 177 g/mol. The zero-order chi connectivity index (χ0) is 9.84. The van der Waals surface area contributed by atoms with Gasteiger partial charge in [-0.1, -0.05) is 13.0 Å². The Labute approximate surface area is 81.2 Å². The van der Waals surface area contributed by atoms with Crippen molar-refractivity contribution in [3.05, 3.63) is 28.8 Å². The molecular formula is C12H19N. The van der Waals surface area contributed by atoms with Crippen LogP contribution in [0.25, 0.3) is 0 Å². The molecule has 1 N–H and O–H groups in total. The highest BCUT2D eigenvalue weighted by Crippen LogP contribution is 2.22. The van der Waals surface area contributed by atoms with Crippen molar-refractivity contribution in [3.63, 3.8) is 0 Å². The van der Waals surface area contributed by atoms with Crippen LogP contribution in [0, 0.1) is 13.8 Å². The van der Waals surface area contributed by atoms with Crippen molar-refractivity contribution in [2.45, 2.75) is 34.1 Å². The van der Waals surface area contributed by atoms with E-state index < -0.39 is 0 Å². The minimum absolute atomic E-state index is 0.996. The lowest BCUT2D eigenvalue weighted by atomic mass is 9.99. The summed E-state index contributed by atoms with van der Waals surface area (Å²) in [6.07, 6.45) is 1.11. The normalized spacial score (nSPS) is 10.2. The van der Waals surface area contributed by atoms with Crippen LogP contribution in [-0.4, -0.2) is 6.54 Å². The van der Waals surface area contributed by atoms with E-state index in [2.05, 4.69) is 45.1 Å². The molecule has 1 nitrogen and oxygen atoms in total. The number of nitrogens with one attached hydrogen (secondary N) is 1. The second-order valence-corrected chi connectivity index (χ2v) is 3.42. The predicted octanol–water partition coefficient (Wildman–Crippen LogP) is 3.30. The zero-order valence-electron chi connectivity index (χ0n) is 9.07. The molecular weight excluding hydrogens is 158 g/mol. The molecule has 1 aromatic rings. The molecule has 0 aliphatic heterocycles. The maximum atomic E-state index is 3.40. The van der Waals surface area contributed by atoms with Gasteiger partial charge in [0.25, 0.3) is 0 Å². The van der Waals surface area contributed by atoms with Crippen LogP contribution in [0.1, 0.15) is 30.5 Å². The summed E-state index contributed by atoms with van der Waals surface area (Å²) in [4.78, 5) is 0. The van der Waals surface area contributed by atoms with Gasteiger partial charge in [0.05, 0.1) is 0 Å². The van der Waals surface area contributed by atoms with Gasteiger partial charge in [-0.2, -0.15) is 0 Å². The highest BCUT2D eigenvalue weighted by atomic mass is 14.9. The van der Waals surface area contributed by atoms with Gasteiger partial charge in [0.15, 0.2) is 0 Å². The maximum Gasteiger partial charge on any atom is 0.0375 e. The molecule has 1 aromatic carbocycles. The lowest BCUT2D eigenvalue weighted by molar-refractivity contribution is 1.08. The minimum Gasteiger partial charge on any atom is -0.385 e. The molecule has 0 amide bonds. The molecule has 0 aromatic heterocycles. The van der Waals surface area contributed by atoms with Crippen molar-refractivity contribution in [3.8, 4) is 0 Å². The third kappa shape index (κ3) is 2.03. The quantitative estimate of drug-likeness (QED) is 0.747. The molecule has 0 atom stereocenters. The Morgan fingerprint density at radius 3 is 2.38 bits per heavy atom. The van der Waals surface area contributed by atoms with Gasteiger partial charge in [-0.15, -0.1) is 0 Å². The summed E-state index contributed by atoms with van der Waals surface area (Å²) in [5, 5.41) is 3.40. The first-order valence-electron chi connectivity index (χ1n) is 5.03. The van der Waals surface area contributed by atoms with Gasteiger partial charge >= 0.3 is 0 Å². The van der Waals surface area contributed by atoms with Crippen molar-refractivity contribution >= 4 is 5.69 Å². The molecule has 0 saturated heterocycles. The molecule has 72 valence electrons. The third-order valence-corrected chi connectivity index (χ3v) is 2.59. The SMILES string of the molecule is CCNc1ccc(C)c(C)c1CC. The Morgan fingerprint density at radius 1 is 1.15 bits per heavy atom. The number of anilines is 1. The first-order valence-corrected chi connectivity index (χ1v) is 5.03. The van der Waals surface area contributed by atoms with E-state index in [0.29, 0.717) is 0 Å². The number of hydrogen-bond acceptors (Lipinski definition) is 1. The summed E-state index contributed by atoms with van der Waals surface area (Å²) < 4.78 is 0. The van der Waals surface area contributed by atoms with Gasteiger partial charge in [-0.05, 0) is 49.9 Å². The first kappa shape index (κ1) is 10.1. The number of aryl methyl sites for hydroxylation is 1. The van der Waals surface area contributed by atoms with E-state index >= 15 is 0 Å². The molecule has 0 aliphatic rings. The topological polar surface area (TPSA) is 12.0 Å². The molecule has 0 fully saturated rings. The number of benzene rings is 1. The van der Waals surface area contributed by atoms with E-state index in [1.165, 1.54) is 22.4 Å². The van der Waals surface area contributed by atoms with E-state index in [9.17, 15) is 0 Å². The fourth-order valence-electron chi connectivity index (χ4n) is 1.69. The number of rotatable bonds is 3. The predicted molar refractivity (Wildman–Crippen MR) is 59.5 cm³/mol. The Morgan fingerprint density at radius 2 is 1.85 bits per heavy atom. The van der Waals surface area contributed by atoms with Crippen molar-refractivity contribution in [1.29, 1.82) is 0 Å². The molecule has 0 bridgehead atoms. The van der Waals surface area contributed by atoms with Gasteiger partial charge in [0, 0.05) is 12.2 Å². The van der Waals surface area contributed by atoms with Crippen LogP contribution in [0.15, 0.2) is 12.1 Å². The monoisotopic (exact) mass is 177 g/mol. The summed E-state index contributed by atoms with van der Waals surface area (Å²) >= 11 is 0. The van der Waals surface area contributed by atoms with E-state index in [4.69, 9.17) is 0 Å². The van der Waals surface area contributed by atoms with E-state index in [-0.39, 0.29) is 0 Å². The largest absolute Gasteiger partial charge is 0.385 e. The van der Waals surface area contributed by atoms with Gasteiger partial charge in [0.1, 0.15) is 0 Å². The highest BCUT2D eigenvalue weighted by Gasteiger charge is 2.04.